The molecular formula is C18H28O. The molecule has 0 saturated heterocycles. The van der Waals surface area contributed by atoms with Gasteiger partial charge in [0.05, 0.1) is 6.61 Å². The quantitative estimate of drug-likeness (QED) is 0.842. The van der Waals surface area contributed by atoms with Gasteiger partial charge in [0.25, 0.3) is 0 Å². The van der Waals surface area contributed by atoms with Crippen molar-refractivity contribution in [3.8, 4) is 0 Å². The number of benzene rings is 1. The van der Waals surface area contributed by atoms with Crippen molar-refractivity contribution >= 4 is 0 Å². The first-order chi connectivity index (χ1) is 8.55. The van der Waals surface area contributed by atoms with Crippen LogP contribution >= 0.6 is 0 Å². The first-order valence-corrected chi connectivity index (χ1v) is 7.28. The minimum atomic E-state index is -0.0163. The van der Waals surface area contributed by atoms with Crippen LogP contribution < -0.4 is 0 Å². The van der Waals surface area contributed by atoms with E-state index in [0.717, 1.165) is 6.42 Å². The molecule has 1 N–H and O–H groups in total. The number of aliphatic hydroxyl groups is 1. The maximum absolute atomic E-state index is 9.92. The van der Waals surface area contributed by atoms with Crippen LogP contribution in [0.2, 0.25) is 0 Å². The van der Waals surface area contributed by atoms with Gasteiger partial charge in [-0.25, -0.2) is 0 Å². The maximum atomic E-state index is 9.92. The molecule has 2 rings (SSSR count). The van der Waals surface area contributed by atoms with Crippen LogP contribution in [-0.2, 0) is 10.8 Å². The molecule has 1 aromatic carbocycles. The Morgan fingerprint density at radius 1 is 1.11 bits per heavy atom. The Hall–Kier alpha value is -0.820. The lowest BCUT2D eigenvalue weighted by Gasteiger charge is -2.27. The molecule has 0 heterocycles. The molecule has 0 amide bonds. The van der Waals surface area contributed by atoms with Gasteiger partial charge in [-0.3, -0.25) is 0 Å². The maximum Gasteiger partial charge on any atom is 0.0533 e. The van der Waals surface area contributed by atoms with Crippen LogP contribution in [0.3, 0.4) is 0 Å². The zero-order valence-corrected chi connectivity index (χ0v) is 13.5. The standard InChI is InChI=1S/C18H28O/c1-12-8-14(16(3,4)5)9-13(2)15(12)18(11-19)10-17(18,6)7/h8-9,19H,10-11H2,1-7H3. The topological polar surface area (TPSA) is 20.2 Å². The van der Waals surface area contributed by atoms with E-state index in [2.05, 4.69) is 60.6 Å². The van der Waals surface area contributed by atoms with Crippen molar-refractivity contribution in [1.29, 1.82) is 0 Å². The lowest BCUT2D eigenvalue weighted by Crippen LogP contribution is -2.23. The van der Waals surface area contributed by atoms with E-state index in [0.29, 0.717) is 0 Å². The summed E-state index contributed by atoms with van der Waals surface area (Å²) in [5.74, 6) is 0. The average Bonchev–Trinajstić information content (AvgIpc) is 2.79. The molecule has 1 aliphatic rings. The van der Waals surface area contributed by atoms with E-state index in [1.165, 1.54) is 22.3 Å². The smallest absolute Gasteiger partial charge is 0.0533 e. The highest BCUT2D eigenvalue weighted by atomic mass is 16.3. The summed E-state index contributed by atoms with van der Waals surface area (Å²) >= 11 is 0. The highest BCUT2D eigenvalue weighted by Crippen LogP contribution is 2.65. The summed E-state index contributed by atoms with van der Waals surface area (Å²) in [6.07, 6.45) is 1.09. The van der Waals surface area contributed by atoms with E-state index in [1.54, 1.807) is 0 Å². The van der Waals surface area contributed by atoms with Gasteiger partial charge in [0.2, 0.25) is 0 Å². The fraction of sp³-hybridized carbons (Fsp3) is 0.667. The Labute approximate surface area is 118 Å². The Bertz CT molecular complexity index is 482. The van der Waals surface area contributed by atoms with E-state index in [4.69, 9.17) is 0 Å². The van der Waals surface area contributed by atoms with Crippen LogP contribution in [0.25, 0.3) is 0 Å². The van der Waals surface area contributed by atoms with Crippen molar-refractivity contribution < 1.29 is 5.11 Å². The van der Waals surface area contributed by atoms with Crippen LogP contribution in [0.4, 0.5) is 0 Å². The number of aryl methyl sites for hydroxylation is 2. The van der Waals surface area contributed by atoms with Crippen LogP contribution in [-0.4, -0.2) is 11.7 Å². The van der Waals surface area contributed by atoms with Gasteiger partial charge in [-0.15, -0.1) is 0 Å². The Morgan fingerprint density at radius 2 is 1.53 bits per heavy atom. The van der Waals surface area contributed by atoms with Crippen molar-refractivity contribution in [3.63, 3.8) is 0 Å². The monoisotopic (exact) mass is 260 g/mol. The molecule has 1 atom stereocenters. The predicted octanol–water partition coefficient (Wildman–Crippen LogP) is 4.26. The molecule has 0 radical (unpaired) electrons. The van der Waals surface area contributed by atoms with Gasteiger partial charge in [-0.2, -0.15) is 0 Å². The van der Waals surface area contributed by atoms with E-state index < -0.39 is 0 Å². The van der Waals surface area contributed by atoms with Gasteiger partial charge >= 0.3 is 0 Å². The lowest BCUT2D eigenvalue weighted by molar-refractivity contribution is 0.230. The molecule has 1 unspecified atom stereocenters. The van der Waals surface area contributed by atoms with E-state index in [9.17, 15) is 5.11 Å². The summed E-state index contributed by atoms with van der Waals surface area (Å²) in [5, 5.41) is 9.92. The minimum absolute atomic E-state index is 0.0163. The Morgan fingerprint density at radius 3 is 1.79 bits per heavy atom. The summed E-state index contributed by atoms with van der Waals surface area (Å²) in [7, 11) is 0. The molecule has 19 heavy (non-hydrogen) atoms. The first kappa shape index (κ1) is 14.6. The Balaban J connectivity index is 2.56. The third kappa shape index (κ3) is 2.12. The summed E-state index contributed by atoms with van der Waals surface area (Å²) < 4.78 is 0. The first-order valence-electron chi connectivity index (χ1n) is 7.28. The van der Waals surface area contributed by atoms with Gasteiger partial charge in [0.1, 0.15) is 0 Å². The number of aliphatic hydroxyl groups excluding tert-OH is 1. The van der Waals surface area contributed by atoms with E-state index in [1.807, 2.05) is 0 Å². The SMILES string of the molecule is Cc1cc(C(C)(C)C)cc(C)c1C1(CO)CC1(C)C. The summed E-state index contributed by atoms with van der Waals surface area (Å²) in [6.45, 7) is 15.9. The van der Waals surface area contributed by atoms with Crippen molar-refractivity contribution in [3.05, 3.63) is 34.4 Å². The normalized spacial score (nSPS) is 25.5. The number of hydrogen-bond donors (Lipinski definition) is 1. The fourth-order valence-corrected chi connectivity index (χ4v) is 3.64. The van der Waals surface area contributed by atoms with E-state index in [-0.39, 0.29) is 22.9 Å². The zero-order valence-electron chi connectivity index (χ0n) is 13.5. The van der Waals surface area contributed by atoms with Crippen LogP contribution in [0.5, 0.6) is 0 Å². The highest BCUT2D eigenvalue weighted by Gasteiger charge is 2.62. The molecule has 1 aromatic rings. The molecule has 1 aliphatic carbocycles. The third-order valence-corrected chi connectivity index (χ3v) is 5.06. The van der Waals surface area contributed by atoms with Gasteiger partial charge in [-0.1, -0.05) is 46.8 Å². The zero-order chi connectivity index (χ0) is 14.6. The van der Waals surface area contributed by atoms with Crippen molar-refractivity contribution in [2.75, 3.05) is 6.61 Å². The number of rotatable bonds is 2. The average molecular weight is 260 g/mol. The Kier molecular flexibility index (Phi) is 3.14. The summed E-state index contributed by atoms with van der Waals surface area (Å²) in [4.78, 5) is 0. The van der Waals surface area contributed by atoms with Crippen LogP contribution in [0.15, 0.2) is 12.1 Å². The van der Waals surface area contributed by atoms with Crippen molar-refractivity contribution in [2.24, 2.45) is 5.41 Å². The molecule has 1 heteroatoms. The van der Waals surface area contributed by atoms with Crippen LogP contribution in [0, 0.1) is 19.3 Å². The van der Waals surface area contributed by atoms with Crippen molar-refractivity contribution in [1.82, 2.24) is 0 Å². The third-order valence-electron chi connectivity index (χ3n) is 5.06. The molecule has 0 bridgehead atoms. The molecule has 0 aliphatic heterocycles. The molecule has 0 spiro atoms. The lowest BCUT2D eigenvalue weighted by atomic mass is 9.78. The second-order valence-corrected chi connectivity index (χ2v) is 8.04. The minimum Gasteiger partial charge on any atom is -0.395 e. The molecule has 1 nitrogen and oxygen atoms in total. The molecule has 1 fully saturated rings. The second kappa shape index (κ2) is 4.09. The van der Waals surface area contributed by atoms with E-state index >= 15 is 0 Å². The number of hydrogen-bond acceptors (Lipinski definition) is 1. The van der Waals surface area contributed by atoms with Crippen molar-refractivity contribution in [2.45, 2.75) is 65.7 Å². The van der Waals surface area contributed by atoms with Gasteiger partial charge < -0.3 is 5.11 Å². The highest BCUT2D eigenvalue weighted by molar-refractivity contribution is 5.50. The summed E-state index contributed by atoms with van der Waals surface area (Å²) in [5.41, 5.74) is 5.83. The van der Waals surface area contributed by atoms with Gasteiger partial charge in [0.15, 0.2) is 0 Å². The molecule has 106 valence electrons. The predicted molar refractivity (Wildman–Crippen MR) is 81.8 cm³/mol. The second-order valence-electron chi connectivity index (χ2n) is 8.04. The molecular weight excluding hydrogens is 232 g/mol. The van der Waals surface area contributed by atoms with Crippen LogP contribution in [0.1, 0.15) is 63.3 Å². The van der Waals surface area contributed by atoms with Gasteiger partial charge in [0, 0.05) is 5.41 Å². The van der Waals surface area contributed by atoms with Gasteiger partial charge in [-0.05, 0) is 53.4 Å². The fourth-order valence-electron chi connectivity index (χ4n) is 3.64. The summed E-state index contributed by atoms with van der Waals surface area (Å²) in [6, 6.07) is 4.63. The molecule has 0 aromatic heterocycles. The largest absolute Gasteiger partial charge is 0.395 e. The molecule has 1 saturated carbocycles.